The van der Waals surface area contributed by atoms with Crippen LogP contribution in [0.5, 0.6) is 11.5 Å². The fourth-order valence-electron chi connectivity index (χ4n) is 4.65. The van der Waals surface area contributed by atoms with Gasteiger partial charge in [-0.1, -0.05) is 54.9 Å². The molecule has 4 aromatic carbocycles. The van der Waals surface area contributed by atoms with Crippen molar-refractivity contribution in [2.75, 3.05) is 24.9 Å². The molecule has 0 aliphatic rings. The van der Waals surface area contributed by atoms with Gasteiger partial charge in [0.2, 0.25) is 5.91 Å². The highest BCUT2D eigenvalue weighted by Gasteiger charge is 2.21. The first kappa shape index (κ1) is 35.2. The highest BCUT2D eigenvalue weighted by molar-refractivity contribution is 8.00. The molecule has 9 nitrogen and oxygen atoms in total. The van der Waals surface area contributed by atoms with Gasteiger partial charge in [0.1, 0.15) is 5.70 Å². The van der Waals surface area contributed by atoms with E-state index in [4.69, 9.17) is 21.1 Å². The van der Waals surface area contributed by atoms with Crippen LogP contribution in [-0.2, 0) is 9.59 Å². The average molecular weight is 713 g/mol. The minimum Gasteiger partial charge on any atom is -0.493 e. The molecule has 3 amide bonds. The minimum absolute atomic E-state index is 0.0518. The Morgan fingerprint density at radius 2 is 1.65 bits per heavy atom. The summed E-state index contributed by atoms with van der Waals surface area (Å²) in [6, 6.07) is 28.3. The van der Waals surface area contributed by atoms with E-state index in [1.54, 1.807) is 87.0 Å². The van der Waals surface area contributed by atoms with Crippen molar-refractivity contribution in [1.29, 1.82) is 0 Å². The summed E-state index contributed by atoms with van der Waals surface area (Å²) < 4.78 is 10.7. The second-order valence-corrected chi connectivity index (χ2v) is 13.1. The molecule has 1 atom stereocenters. The third-order valence-electron chi connectivity index (χ3n) is 7.16. The highest BCUT2D eigenvalue weighted by Crippen LogP contribution is 2.34. The zero-order valence-corrected chi connectivity index (χ0v) is 29.2. The first-order chi connectivity index (χ1) is 23.8. The van der Waals surface area contributed by atoms with Gasteiger partial charge in [0.15, 0.2) is 16.6 Å². The summed E-state index contributed by atoms with van der Waals surface area (Å²) in [6.45, 7) is 1.93. The van der Waals surface area contributed by atoms with E-state index in [1.165, 1.54) is 23.1 Å². The van der Waals surface area contributed by atoms with E-state index in [0.717, 1.165) is 10.5 Å². The number of aromatic nitrogens is 1. The molecule has 5 rings (SSSR count). The summed E-state index contributed by atoms with van der Waals surface area (Å²) in [4.78, 5) is 45.2. The largest absolute Gasteiger partial charge is 0.493 e. The number of nitrogens with zero attached hydrogens (tertiary/aromatic N) is 1. The van der Waals surface area contributed by atoms with Gasteiger partial charge in [0.25, 0.3) is 11.8 Å². The van der Waals surface area contributed by atoms with Crippen LogP contribution < -0.4 is 25.4 Å². The molecule has 0 fully saturated rings. The molecule has 49 heavy (non-hydrogen) atoms. The molecule has 1 aromatic heterocycles. The number of thiazole rings is 1. The number of anilines is 2. The number of halogens is 1. The molecule has 1 heterocycles. The number of nitrogens with one attached hydrogen (secondary N) is 3. The topological polar surface area (TPSA) is 119 Å². The van der Waals surface area contributed by atoms with Crippen LogP contribution in [0.3, 0.4) is 0 Å². The Hall–Kier alpha value is -5.10. The van der Waals surface area contributed by atoms with Crippen molar-refractivity contribution in [1.82, 2.24) is 10.3 Å². The maximum absolute atomic E-state index is 13.5. The molecule has 0 saturated heterocycles. The molecule has 0 bridgehead atoms. The lowest BCUT2D eigenvalue weighted by molar-refractivity contribution is -0.116. The molecule has 3 N–H and O–H groups in total. The summed E-state index contributed by atoms with van der Waals surface area (Å²) in [5, 5.41) is 11.0. The van der Waals surface area contributed by atoms with Crippen molar-refractivity contribution in [3.05, 3.63) is 124 Å². The van der Waals surface area contributed by atoms with Crippen LogP contribution in [-0.4, -0.2) is 42.2 Å². The molecule has 0 radical (unpaired) electrons. The lowest BCUT2D eigenvalue weighted by Crippen LogP contribution is -2.30. The van der Waals surface area contributed by atoms with Crippen molar-refractivity contribution in [3.8, 4) is 22.8 Å². The number of hydrogen-bond acceptors (Lipinski definition) is 8. The highest BCUT2D eigenvalue weighted by atomic mass is 35.5. The summed E-state index contributed by atoms with van der Waals surface area (Å²) >= 11 is 8.75. The third-order valence-corrected chi connectivity index (χ3v) is 9.52. The zero-order valence-electron chi connectivity index (χ0n) is 26.9. The predicted molar refractivity (Wildman–Crippen MR) is 198 cm³/mol. The number of ether oxygens (including phenoxy) is 2. The molecular weight excluding hydrogens is 680 g/mol. The van der Waals surface area contributed by atoms with Crippen LogP contribution in [0.15, 0.2) is 113 Å². The maximum atomic E-state index is 13.5. The van der Waals surface area contributed by atoms with Crippen molar-refractivity contribution in [2.45, 2.75) is 23.5 Å². The lowest BCUT2D eigenvalue weighted by Gasteiger charge is -2.15. The van der Waals surface area contributed by atoms with Crippen molar-refractivity contribution < 1.29 is 23.9 Å². The van der Waals surface area contributed by atoms with Crippen LogP contribution >= 0.6 is 34.7 Å². The van der Waals surface area contributed by atoms with Crippen LogP contribution in [0, 0.1) is 0 Å². The van der Waals surface area contributed by atoms with Crippen LogP contribution in [0.2, 0.25) is 5.02 Å². The molecule has 12 heteroatoms. The Balaban J connectivity index is 1.26. The van der Waals surface area contributed by atoms with Gasteiger partial charge < -0.3 is 25.4 Å². The quantitative estimate of drug-likeness (QED) is 0.0829. The SMILES string of the molecule is CCC(Sc1cccc(NC(=O)/C(=C/c2ccc(Cl)cc2)NC(=O)c2ccccc2)c1)C(=O)Nc1nc(-c2ccc(OC)c(OC)c2)cs1. The lowest BCUT2D eigenvalue weighted by atomic mass is 10.1. The second kappa shape index (κ2) is 16.8. The molecule has 0 aliphatic carbocycles. The number of methoxy groups -OCH3 is 2. The fourth-order valence-corrected chi connectivity index (χ4v) is 6.51. The summed E-state index contributed by atoms with van der Waals surface area (Å²) in [7, 11) is 3.15. The number of carbonyl (C=O) groups excluding carboxylic acids is 3. The number of carbonyl (C=O) groups is 3. The number of hydrogen-bond donors (Lipinski definition) is 3. The van der Waals surface area contributed by atoms with E-state index >= 15 is 0 Å². The number of thioether (sulfide) groups is 1. The molecule has 5 aromatic rings. The molecule has 1 unspecified atom stereocenters. The van der Waals surface area contributed by atoms with Crippen LogP contribution in [0.4, 0.5) is 10.8 Å². The van der Waals surface area contributed by atoms with Gasteiger partial charge in [-0.05, 0) is 78.7 Å². The van der Waals surface area contributed by atoms with E-state index in [1.807, 2.05) is 42.6 Å². The van der Waals surface area contributed by atoms with Crippen LogP contribution in [0.1, 0.15) is 29.3 Å². The van der Waals surface area contributed by atoms with Crippen molar-refractivity contribution >= 4 is 69.3 Å². The Morgan fingerprint density at radius 1 is 0.898 bits per heavy atom. The van der Waals surface area contributed by atoms with Gasteiger partial charge in [-0.25, -0.2) is 4.98 Å². The van der Waals surface area contributed by atoms with Gasteiger partial charge in [-0.3, -0.25) is 14.4 Å². The Kier molecular flexibility index (Phi) is 12.1. The first-order valence-corrected chi connectivity index (χ1v) is 17.3. The van der Waals surface area contributed by atoms with E-state index in [0.29, 0.717) is 50.6 Å². The van der Waals surface area contributed by atoms with Gasteiger partial charge in [0.05, 0.1) is 25.2 Å². The maximum Gasteiger partial charge on any atom is 0.272 e. The van der Waals surface area contributed by atoms with Crippen molar-refractivity contribution in [2.24, 2.45) is 0 Å². The van der Waals surface area contributed by atoms with Gasteiger partial charge in [-0.15, -0.1) is 23.1 Å². The molecular formula is C37H33ClN4O5S2. The molecule has 250 valence electrons. The molecule has 0 aliphatic heterocycles. The first-order valence-electron chi connectivity index (χ1n) is 15.2. The smallest absolute Gasteiger partial charge is 0.272 e. The number of rotatable bonds is 13. The normalized spacial score (nSPS) is 11.7. The van der Waals surface area contributed by atoms with Crippen LogP contribution in [0.25, 0.3) is 17.3 Å². The van der Waals surface area contributed by atoms with Gasteiger partial charge in [-0.2, -0.15) is 0 Å². The standard InChI is InChI=1S/C37H33ClN4O5S2/c1-4-33(36(45)42-37-41-30(22-48-37)25-15-18-31(46-2)32(20-25)47-3)49-28-12-8-11-27(21-28)39-35(44)29(19-23-13-16-26(38)17-14-23)40-34(43)24-9-6-5-7-10-24/h5-22,33H,4H2,1-3H3,(H,39,44)(H,40,43)(H,41,42,45)/b29-19-. The Morgan fingerprint density at radius 3 is 2.37 bits per heavy atom. The summed E-state index contributed by atoms with van der Waals surface area (Å²) in [6.07, 6.45) is 2.14. The Bertz CT molecular complexity index is 1970. The number of amides is 3. The van der Waals surface area contributed by atoms with Gasteiger partial charge >= 0.3 is 0 Å². The van der Waals surface area contributed by atoms with Gasteiger partial charge in [0, 0.05) is 32.1 Å². The monoisotopic (exact) mass is 712 g/mol. The Labute approximate surface area is 297 Å². The van der Waals surface area contributed by atoms with E-state index in [2.05, 4.69) is 20.9 Å². The summed E-state index contributed by atoms with van der Waals surface area (Å²) in [5.74, 6) is 0.0802. The minimum atomic E-state index is -0.514. The average Bonchev–Trinajstić information content (AvgIpc) is 3.59. The zero-order chi connectivity index (χ0) is 34.8. The van der Waals surface area contributed by atoms with Crippen molar-refractivity contribution in [3.63, 3.8) is 0 Å². The molecule has 0 spiro atoms. The van der Waals surface area contributed by atoms with E-state index < -0.39 is 17.1 Å². The fraction of sp³-hybridized carbons (Fsp3) is 0.135. The van der Waals surface area contributed by atoms with E-state index in [9.17, 15) is 14.4 Å². The second-order valence-electron chi connectivity index (χ2n) is 10.5. The third kappa shape index (κ3) is 9.50. The number of benzene rings is 4. The molecule has 0 saturated carbocycles. The van der Waals surface area contributed by atoms with E-state index in [-0.39, 0.29) is 11.6 Å². The predicted octanol–water partition coefficient (Wildman–Crippen LogP) is 8.40. The summed E-state index contributed by atoms with van der Waals surface area (Å²) in [5.41, 5.74) is 3.18.